The standard InChI is InChI=1S/C31H35F3N6O3S/c1-29(2)18-20-6-4-15-35-23-8-3-9-25(36-23)44-38-27(41)21-10-11-24(37-26(21)40(29)19-20)39-16-5-7-22(28(39)42)43-17-14-30(12-13-30)31(32,33)34/h3,5,7-11,16,20H,4,6,12-15,17-19H2,1-2H3,(H,35,36)(H,38,41). The number of rotatable bonds is 5. The summed E-state index contributed by atoms with van der Waals surface area (Å²) in [5.74, 6) is 1.47. The zero-order chi connectivity index (χ0) is 31.1. The number of carbonyl (C=O) groups excluding carboxylic acids is 1. The SMILES string of the molecule is CC1(C)CC2CCCNc3cccc(n3)SNC(=O)c3ccc(-n4cccc(OCCC5(C(F)(F)F)CC5)c4=O)nc3N1C2. The summed E-state index contributed by atoms with van der Waals surface area (Å²) in [7, 11) is 0. The number of hydrogen-bond acceptors (Lipinski definition) is 8. The van der Waals surface area contributed by atoms with Gasteiger partial charge in [-0.25, -0.2) is 9.97 Å². The Hall–Kier alpha value is -3.74. The summed E-state index contributed by atoms with van der Waals surface area (Å²) in [5, 5.41) is 4.01. The van der Waals surface area contributed by atoms with Gasteiger partial charge in [-0.3, -0.25) is 18.9 Å². The second-order valence-corrected chi connectivity index (χ2v) is 13.2. The van der Waals surface area contributed by atoms with Gasteiger partial charge >= 0.3 is 6.18 Å². The van der Waals surface area contributed by atoms with E-state index in [1.807, 2.05) is 18.2 Å². The Morgan fingerprint density at radius 3 is 2.68 bits per heavy atom. The molecule has 9 nitrogen and oxygen atoms in total. The van der Waals surface area contributed by atoms with Crippen molar-refractivity contribution in [2.45, 2.75) is 69.1 Å². The molecule has 1 aliphatic carbocycles. The molecule has 44 heavy (non-hydrogen) atoms. The highest BCUT2D eigenvalue weighted by molar-refractivity contribution is 7.97. The molecule has 0 spiro atoms. The zero-order valence-electron chi connectivity index (χ0n) is 24.6. The second-order valence-electron chi connectivity index (χ2n) is 12.4. The summed E-state index contributed by atoms with van der Waals surface area (Å²) in [5.41, 5.74) is -2.19. The van der Waals surface area contributed by atoms with E-state index in [0.29, 0.717) is 28.9 Å². The van der Waals surface area contributed by atoms with Crippen LogP contribution in [0.25, 0.3) is 5.82 Å². The lowest BCUT2D eigenvalue weighted by molar-refractivity contribution is -0.190. The molecule has 0 radical (unpaired) electrons. The number of alkyl halides is 3. The van der Waals surface area contributed by atoms with E-state index in [2.05, 4.69) is 33.8 Å². The van der Waals surface area contributed by atoms with Gasteiger partial charge in [0.1, 0.15) is 22.5 Å². The van der Waals surface area contributed by atoms with E-state index in [0.717, 1.165) is 43.6 Å². The number of ether oxygens (including phenoxy) is 1. The number of nitrogens with zero attached hydrogens (tertiary/aromatic N) is 4. The molecule has 5 heterocycles. The molecule has 3 aromatic rings. The van der Waals surface area contributed by atoms with Crippen molar-refractivity contribution in [3.63, 3.8) is 0 Å². The molecule has 13 heteroatoms. The lowest BCUT2D eigenvalue weighted by Crippen LogP contribution is -2.40. The second kappa shape index (κ2) is 11.6. The minimum absolute atomic E-state index is 0.0533. The number of fused-ring (bicyclic) bond motifs is 6. The van der Waals surface area contributed by atoms with Crippen LogP contribution in [0.15, 0.2) is 58.5 Å². The van der Waals surface area contributed by atoms with E-state index in [1.54, 1.807) is 18.2 Å². The third-order valence-corrected chi connectivity index (χ3v) is 9.56. The molecule has 3 aliphatic rings. The molecule has 4 bridgehead atoms. The third-order valence-electron chi connectivity index (χ3n) is 8.84. The Morgan fingerprint density at radius 1 is 1.09 bits per heavy atom. The first kappa shape index (κ1) is 30.3. The van der Waals surface area contributed by atoms with Gasteiger partial charge in [-0.2, -0.15) is 13.2 Å². The van der Waals surface area contributed by atoms with Crippen molar-refractivity contribution in [3.05, 3.63) is 64.6 Å². The van der Waals surface area contributed by atoms with Gasteiger partial charge in [0.05, 0.1) is 17.6 Å². The molecular formula is C31H35F3N6O3S. The fraction of sp³-hybridized carbons (Fsp3) is 0.484. The van der Waals surface area contributed by atoms with E-state index < -0.39 is 17.2 Å². The molecule has 0 aromatic carbocycles. The van der Waals surface area contributed by atoms with Crippen LogP contribution in [0, 0.1) is 11.3 Å². The topological polar surface area (TPSA) is 101 Å². The van der Waals surface area contributed by atoms with Gasteiger partial charge in [-0.05, 0) is 94.7 Å². The largest absolute Gasteiger partial charge is 0.488 e. The minimum atomic E-state index is -4.28. The summed E-state index contributed by atoms with van der Waals surface area (Å²) in [6, 6.07) is 11.9. The number of nitrogens with one attached hydrogen (secondary N) is 2. The lowest BCUT2D eigenvalue weighted by atomic mass is 9.93. The monoisotopic (exact) mass is 628 g/mol. The van der Waals surface area contributed by atoms with Crippen LogP contribution in [0.1, 0.15) is 62.7 Å². The number of anilines is 2. The normalized spacial score (nSPS) is 20.9. The average Bonchev–Trinajstić information content (AvgIpc) is 3.72. The van der Waals surface area contributed by atoms with Crippen LogP contribution in [0.4, 0.5) is 24.8 Å². The van der Waals surface area contributed by atoms with E-state index in [9.17, 15) is 22.8 Å². The number of aromatic nitrogens is 3. The van der Waals surface area contributed by atoms with Gasteiger partial charge in [0.15, 0.2) is 5.75 Å². The first-order chi connectivity index (χ1) is 21.0. The maximum atomic E-state index is 13.6. The molecule has 6 rings (SSSR count). The smallest absolute Gasteiger partial charge is 0.394 e. The van der Waals surface area contributed by atoms with Crippen LogP contribution in [0.2, 0.25) is 0 Å². The van der Waals surface area contributed by atoms with Crippen molar-refractivity contribution < 1.29 is 22.7 Å². The number of pyridine rings is 3. The van der Waals surface area contributed by atoms with Crippen molar-refractivity contribution in [2.24, 2.45) is 11.3 Å². The van der Waals surface area contributed by atoms with Gasteiger partial charge < -0.3 is 15.0 Å². The first-order valence-corrected chi connectivity index (χ1v) is 15.7. The van der Waals surface area contributed by atoms with Crippen molar-refractivity contribution in [1.29, 1.82) is 0 Å². The van der Waals surface area contributed by atoms with E-state index in [-0.39, 0.29) is 48.9 Å². The molecule has 3 aromatic heterocycles. The molecule has 1 atom stereocenters. The maximum absolute atomic E-state index is 13.6. The average molecular weight is 629 g/mol. The Morgan fingerprint density at radius 2 is 1.91 bits per heavy atom. The molecule has 1 saturated carbocycles. The lowest BCUT2D eigenvalue weighted by Gasteiger charge is -2.34. The maximum Gasteiger partial charge on any atom is 0.394 e. The predicted molar refractivity (Wildman–Crippen MR) is 162 cm³/mol. The highest BCUT2D eigenvalue weighted by Gasteiger charge is 2.62. The summed E-state index contributed by atoms with van der Waals surface area (Å²) >= 11 is 1.11. The number of carbonyl (C=O) groups is 1. The Bertz CT molecular complexity index is 1610. The van der Waals surface area contributed by atoms with Gasteiger partial charge in [-0.15, -0.1) is 0 Å². The van der Waals surface area contributed by atoms with Crippen molar-refractivity contribution in [1.82, 2.24) is 19.3 Å². The zero-order valence-corrected chi connectivity index (χ0v) is 25.4. The fourth-order valence-electron chi connectivity index (χ4n) is 6.19. The summed E-state index contributed by atoms with van der Waals surface area (Å²) < 4.78 is 49.8. The highest BCUT2D eigenvalue weighted by atomic mass is 32.2. The van der Waals surface area contributed by atoms with Crippen molar-refractivity contribution in [3.8, 4) is 11.6 Å². The van der Waals surface area contributed by atoms with Gasteiger partial charge in [0, 0.05) is 36.8 Å². The molecule has 2 N–H and O–H groups in total. The number of halogens is 3. The molecule has 1 unspecified atom stereocenters. The molecule has 1 saturated heterocycles. The van der Waals surface area contributed by atoms with Crippen LogP contribution >= 0.6 is 11.9 Å². The number of hydrogen-bond donors (Lipinski definition) is 2. The van der Waals surface area contributed by atoms with Crippen LogP contribution in [0.3, 0.4) is 0 Å². The molecule has 2 fully saturated rings. The van der Waals surface area contributed by atoms with Crippen LogP contribution in [0.5, 0.6) is 5.75 Å². The van der Waals surface area contributed by atoms with Gasteiger partial charge in [0.25, 0.3) is 11.5 Å². The van der Waals surface area contributed by atoms with Crippen molar-refractivity contribution >= 4 is 29.5 Å². The number of amides is 1. The van der Waals surface area contributed by atoms with E-state index in [4.69, 9.17) is 9.72 Å². The summed E-state index contributed by atoms with van der Waals surface area (Å²) in [6.45, 7) is 5.51. The molecule has 234 valence electrons. The first-order valence-electron chi connectivity index (χ1n) is 14.8. The molecule has 1 amide bonds. The van der Waals surface area contributed by atoms with Crippen LogP contribution in [-0.4, -0.2) is 51.9 Å². The Balaban J connectivity index is 1.31. The van der Waals surface area contributed by atoms with Crippen LogP contribution < -0.4 is 25.2 Å². The molecular weight excluding hydrogens is 593 g/mol. The highest BCUT2D eigenvalue weighted by Crippen LogP contribution is 2.59. The minimum Gasteiger partial charge on any atom is -0.488 e. The Labute approximate surface area is 257 Å². The Kier molecular flexibility index (Phi) is 8.02. The van der Waals surface area contributed by atoms with Crippen LogP contribution in [-0.2, 0) is 0 Å². The van der Waals surface area contributed by atoms with Gasteiger partial charge in [0.2, 0.25) is 0 Å². The predicted octanol–water partition coefficient (Wildman–Crippen LogP) is 5.99. The van der Waals surface area contributed by atoms with Gasteiger partial charge in [-0.1, -0.05) is 6.07 Å². The molecule has 2 aliphatic heterocycles. The van der Waals surface area contributed by atoms with E-state index in [1.165, 1.54) is 16.8 Å². The summed E-state index contributed by atoms with van der Waals surface area (Å²) in [4.78, 5) is 38.6. The fourth-order valence-corrected chi connectivity index (χ4v) is 6.78. The quantitative estimate of drug-likeness (QED) is 0.333. The summed E-state index contributed by atoms with van der Waals surface area (Å²) in [6.07, 6.45) is 0.0644. The van der Waals surface area contributed by atoms with Crippen molar-refractivity contribution in [2.75, 3.05) is 29.9 Å². The third kappa shape index (κ3) is 6.11. The van der Waals surface area contributed by atoms with E-state index >= 15 is 0 Å².